The molecule has 0 spiro atoms. The molecule has 0 saturated heterocycles. The van der Waals surface area contributed by atoms with Crippen molar-refractivity contribution in [3.8, 4) is 5.82 Å². The molecule has 1 saturated carbocycles. The van der Waals surface area contributed by atoms with Crippen LogP contribution in [0.3, 0.4) is 0 Å². The quantitative estimate of drug-likeness (QED) is 0.755. The van der Waals surface area contributed by atoms with E-state index in [0.717, 1.165) is 53.7 Å². The Morgan fingerprint density at radius 2 is 1.88 bits per heavy atom. The second-order valence-corrected chi connectivity index (χ2v) is 7.22. The maximum atomic E-state index is 12.7. The molecule has 134 valence electrons. The summed E-state index contributed by atoms with van der Waals surface area (Å²) in [4.78, 5) is 17.4. The van der Waals surface area contributed by atoms with Crippen LogP contribution in [0.4, 0.5) is 5.82 Å². The third-order valence-corrected chi connectivity index (χ3v) is 5.19. The largest absolute Gasteiger partial charge is 0.310 e. The summed E-state index contributed by atoms with van der Waals surface area (Å²) in [6.45, 7) is 4.00. The average molecular weight is 348 g/mol. The highest BCUT2D eigenvalue weighted by atomic mass is 16.2. The van der Waals surface area contributed by atoms with Crippen LogP contribution in [0.25, 0.3) is 16.7 Å². The second kappa shape index (κ2) is 6.90. The number of carbonyl (C=O) groups is 1. The van der Waals surface area contributed by atoms with Crippen LogP contribution in [0.1, 0.15) is 43.4 Å². The number of rotatable bonds is 3. The van der Waals surface area contributed by atoms with Crippen molar-refractivity contribution in [3.63, 3.8) is 0 Å². The van der Waals surface area contributed by atoms with Gasteiger partial charge in [0.1, 0.15) is 5.82 Å². The zero-order valence-corrected chi connectivity index (χ0v) is 15.3. The van der Waals surface area contributed by atoms with E-state index in [-0.39, 0.29) is 11.8 Å². The summed E-state index contributed by atoms with van der Waals surface area (Å²) in [6, 6.07) is 12.0. The van der Waals surface area contributed by atoms with Gasteiger partial charge in [0.15, 0.2) is 5.82 Å². The number of aromatic nitrogens is 3. The summed E-state index contributed by atoms with van der Waals surface area (Å²) in [7, 11) is 0. The number of para-hydroxylation sites is 1. The van der Waals surface area contributed by atoms with E-state index in [2.05, 4.69) is 23.4 Å². The number of hydrogen-bond acceptors (Lipinski definition) is 3. The van der Waals surface area contributed by atoms with Crippen molar-refractivity contribution in [2.75, 3.05) is 5.32 Å². The molecule has 5 heteroatoms. The Kier molecular flexibility index (Phi) is 4.45. The van der Waals surface area contributed by atoms with Crippen molar-refractivity contribution in [2.45, 2.75) is 46.0 Å². The molecule has 1 aliphatic rings. The first-order chi connectivity index (χ1) is 12.6. The number of carbonyl (C=O) groups excluding carboxylic acids is 1. The molecule has 0 bridgehead atoms. The summed E-state index contributed by atoms with van der Waals surface area (Å²) >= 11 is 0. The van der Waals surface area contributed by atoms with Crippen LogP contribution in [-0.2, 0) is 4.79 Å². The van der Waals surface area contributed by atoms with E-state index in [0.29, 0.717) is 5.82 Å². The lowest BCUT2D eigenvalue weighted by Crippen LogP contribution is -2.26. The molecular weight excluding hydrogens is 324 g/mol. The molecule has 1 amide bonds. The number of nitrogens with one attached hydrogen (secondary N) is 1. The molecule has 1 N–H and O–H groups in total. The smallest absolute Gasteiger partial charge is 0.228 e. The van der Waals surface area contributed by atoms with Crippen molar-refractivity contribution < 1.29 is 4.79 Å². The molecule has 0 aliphatic heterocycles. The fourth-order valence-electron chi connectivity index (χ4n) is 3.80. The minimum Gasteiger partial charge on any atom is -0.310 e. The van der Waals surface area contributed by atoms with Gasteiger partial charge in [0.25, 0.3) is 0 Å². The summed E-state index contributed by atoms with van der Waals surface area (Å²) in [5, 5.41) is 8.79. The third kappa shape index (κ3) is 3.21. The first-order valence-electron chi connectivity index (χ1n) is 9.36. The van der Waals surface area contributed by atoms with E-state index < -0.39 is 0 Å². The van der Waals surface area contributed by atoms with Gasteiger partial charge in [0.2, 0.25) is 5.91 Å². The van der Waals surface area contributed by atoms with E-state index in [1.807, 2.05) is 37.3 Å². The van der Waals surface area contributed by atoms with Crippen LogP contribution < -0.4 is 5.32 Å². The van der Waals surface area contributed by atoms with E-state index in [1.165, 1.54) is 6.42 Å². The number of pyridine rings is 1. The Labute approximate surface area is 153 Å². The topological polar surface area (TPSA) is 59.8 Å². The van der Waals surface area contributed by atoms with Gasteiger partial charge in [0, 0.05) is 17.4 Å². The zero-order chi connectivity index (χ0) is 18.1. The molecule has 26 heavy (non-hydrogen) atoms. The molecule has 0 radical (unpaired) electrons. The summed E-state index contributed by atoms with van der Waals surface area (Å²) in [5.74, 6) is 1.63. The molecule has 1 fully saturated rings. The van der Waals surface area contributed by atoms with E-state index in [1.54, 1.807) is 4.68 Å². The van der Waals surface area contributed by atoms with Crippen LogP contribution in [0, 0.1) is 19.8 Å². The van der Waals surface area contributed by atoms with Crippen LogP contribution in [0.5, 0.6) is 0 Å². The molecular formula is C21H24N4O. The van der Waals surface area contributed by atoms with E-state index >= 15 is 0 Å². The molecule has 2 aromatic heterocycles. The molecule has 1 aromatic carbocycles. The Balaban J connectivity index is 1.68. The van der Waals surface area contributed by atoms with Crippen LogP contribution in [0.2, 0.25) is 0 Å². The van der Waals surface area contributed by atoms with E-state index in [4.69, 9.17) is 4.98 Å². The average Bonchev–Trinajstić information content (AvgIpc) is 3.02. The van der Waals surface area contributed by atoms with Crippen molar-refractivity contribution in [3.05, 3.63) is 47.7 Å². The number of hydrogen-bond donors (Lipinski definition) is 1. The lowest BCUT2D eigenvalue weighted by Gasteiger charge is -2.20. The molecule has 4 rings (SSSR count). The highest BCUT2D eigenvalue weighted by molar-refractivity contribution is 5.92. The van der Waals surface area contributed by atoms with Crippen molar-refractivity contribution in [1.82, 2.24) is 14.8 Å². The SMILES string of the molecule is Cc1cc(NC(=O)C2CCCCC2)n(-c2cc(C)c3ccccc3n2)n1. The Hall–Kier alpha value is -2.69. The summed E-state index contributed by atoms with van der Waals surface area (Å²) in [6.07, 6.45) is 5.48. The minimum absolute atomic E-state index is 0.100. The van der Waals surface area contributed by atoms with Crippen LogP contribution in [0.15, 0.2) is 36.4 Å². The molecule has 0 unspecified atom stereocenters. The van der Waals surface area contributed by atoms with Gasteiger partial charge < -0.3 is 5.32 Å². The molecule has 3 aromatic rings. The third-order valence-electron chi connectivity index (χ3n) is 5.19. The lowest BCUT2D eigenvalue weighted by molar-refractivity contribution is -0.120. The van der Waals surface area contributed by atoms with Gasteiger partial charge >= 0.3 is 0 Å². The Morgan fingerprint density at radius 3 is 2.69 bits per heavy atom. The number of amides is 1. The molecule has 0 atom stereocenters. The highest BCUT2D eigenvalue weighted by Crippen LogP contribution is 2.26. The van der Waals surface area contributed by atoms with Gasteiger partial charge in [-0.25, -0.2) is 4.98 Å². The van der Waals surface area contributed by atoms with E-state index in [9.17, 15) is 4.79 Å². The monoisotopic (exact) mass is 348 g/mol. The van der Waals surface area contributed by atoms with Gasteiger partial charge in [-0.1, -0.05) is 37.5 Å². The maximum absolute atomic E-state index is 12.7. The van der Waals surface area contributed by atoms with Gasteiger partial charge in [0.05, 0.1) is 11.2 Å². The summed E-state index contributed by atoms with van der Waals surface area (Å²) in [5.41, 5.74) is 2.93. The summed E-state index contributed by atoms with van der Waals surface area (Å²) < 4.78 is 1.75. The molecule has 2 heterocycles. The Morgan fingerprint density at radius 1 is 1.12 bits per heavy atom. The fraction of sp³-hybridized carbons (Fsp3) is 0.381. The fourth-order valence-corrected chi connectivity index (χ4v) is 3.80. The normalized spacial score (nSPS) is 15.3. The second-order valence-electron chi connectivity index (χ2n) is 7.22. The molecule has 1 aliphatic carbocycles. The standard InChI is InChI=1S/C21H24N4O/c1-14-12-19(22-18-11-7-6-10-17(14)18)25-20(13-15(2)24-25)23-21(26)16-8-4-3-5-9-16/h6-7,10-13,16H,3-5,8-9H2,1-2H3,(H,23,26). The van der Waals surface area contributed by atoms with Crippen molar-refractivity contribution in [2.24, 2.45) is 5.92 Å². The predicted octanol–water partition coefficient (Wildman–Crippen LogP) is 4.56. The van der Waals surface area contributed by atoms with Crippen molar-refractivity contribution >= 4 is 22.6 Å². The maximum Gasteiger partial charge on any atom is 0.228 e. The number of nitrogens with zero attached hydrogens (tertiary/aromatic N) is 3. The molecule has 5 nitrogen and oxygen atoms in total. The van der Waals surface area contributed by atoms with Crippen LogP contribution >= 0.6 is 0 Å². The zero-order valence-electron chi connectivity index (χ0n) is 15.3. The van der Waals surface area contributed by atoms with Gasteiger partial charge in [-0.3, -0.25) is 4.79 Å². The Bertz CT molecular complexity index is 954. The number of aryl methyl sites for hydroxylation is 2. The first-order valence-corrected chi connectivity index (χ1v) is 9.36. The number of anilines is 1. The number of benzene rings is 1. The van der Waals surface area contributed by atoms with Gasteiger partial charge in [-0.2, -0.15) is 9.78 Å². The van der Waals surface area contributed by atoms with Crippen LogP contribution in [-0.4, -0.2) is 20.7 Å². The minimum atomic E-state index is 0.100. The first kappa shape index (κ1) is 16.8. The highest BCUT2D eigenvalue weighted by Gasteiger charge is 2.22. The van der Waals surface area contributed by atoms with Gasteiger partial charge in [-0.05, 0) is 44.4 Å². The van der Waals surface area contributed by atoms with Gasteiger partial charge in [-0.15, -0.1) is 0 Å². The number of fused-ring (bicyclic) bond motifs is 1. The predicted molar refractivity (Wildman–Crippen MR) is 104 cm³/mol. The lowest BCUT2D eigenvalue weighted by atomic mass is 9.89. The van der Waals surface area contributed by atoms with Crippen molar-refractivity contribution in [1.29, 1.82) is 0 Å².